The second kappa shape index (κ2) is 7.09. The van der Waals surface area contributed by atoms with Crippen LogP contribution in [0.5, 0.6) is 5.75 Å². The number of benzene rings is 1. The molecule has 0 aliphatic rings. The first-order valence-corrected chi connectivity index (χ1v) is 5.78. The standard InChI is InChI=1S/C12H14F4N2O2/c1-18(4-2-3-17)9(19)6-20-12-10(15)7(13)5-8(14)11(12)16/h5H,2-4,6,17H2,1H3. The van der Waals surface area contributed by atoms with E-state index < -0.39 is 41.5 Å². The molecule has 0 saturated carbocycles. The normalized spacial score (nSPS) is 10.5. The quantitative estimate of drug-likeness (QED) is 0.638. The molecule has 0 atom stereocenters. The molecule has 0 radical (unpaired) electrons. The van der Waals surface area contributed by atoms with E-state index in [2.05, 4.69) is 4.74 Å². The van der Waals surface area contributed by atoms with Crippen molar-refractivity contribution in [3.63, 3.8) is 0 Å². The van der Waals surface area contributed by atoms with E-state index >= 15 is 0 Å². The summed E-state index contributed by atoms with van der Waals surface area (Å²) in [4.78, 5) is 12.8. The molecule has 1 rings (SSSR count). The van der Waals surface area contributed by atoms with Crippen molar-refractivity contribution in [1.82, 2.24) is 4.90 Å². The minimum atomic E-state index is -1.68. The highest BCUT2D eigenvalue weighted by molar-refractivity contribution is 5.77. The molecule has 0 spiro atoms. The fourth-order valence-electron chi connectivity index (χ4n) is 1.38. The van der Waals surface area contributed by atoms with Crippen LogP contribution in [-0.4, -0.2) is 37.6 Å². The van der Waals surface area contributed by atoms with Crippen LogP contribution in [0.1, 0.15) is 6.42 Å². The fourth-order valence-corrected chi connectivity index (χ4v) is 1.38. The van der Waals surface area contributed by atoms with Crippen molar-refractivity contribution in [2.75, 3.05) is 26.7 Å². The molecule has 0 fully saturated rings. The smallest absolute Gasteiger partial charge is 0.260 e. The Hall–Kier alpha value is -1.83. The van der Waals surface area contributed by atoms with Crippen LogP contribution < -0.4 is 10.5 Å². The molecule has 1 aromatic carbocycles. The van der Waals surface area contributed by atoms with Gasteiger partial charge in [-0.15, -0.1) is 0 Å². The lowest BCUT2D eigenvalue weighted by Gasteiger charge is -2.17. The lowest BCUT2D eigenvalue weighted by molar-refractivity contribution is -0.132. The SMILES string of the molecule is CN(CCCN)C(=O)COc1c(F)c(F)cc(F)c1F. The van der Waals surface area contributed by atoms with Gasteiger partial charge >= 0.3 is 0 Å². The average Bonchev–Trinajstić information content (AvgIpc) is 2.42. The topological polar surface area (TPSA) is 55.6 Å². The Bertz CT molecular complexity index is 471. The zero-order valence-corrected chi connectivity index (χ0v) is 10.8. The van der Waals surface area contributed by atoms with Crippen LogP contribution in [0.2, 0.25) is 0 Å². The summed E-state index contributed by atoms with van der Waals surface area (Å²) in [6.07, 6.45) is 0.541. The van der Waals surface area contributed by atoms with Crippen molar-refractivity contribution < 1.29 is 27.1 Å². The predicted molar refractivity (Wildman–Crippen MR) is 63.1 cm³/mol. The Balaban J connectivity index is 2.73. The lowest BCUT2D eigenvalue weighted by Crippen LogP contribution is -2.33. The molecule has 20 heavy (non-hydrogen) atoms. The fraction of sp³-hybridized carbons (Fsp3) is 0.417. The number of likely N-dealkylation sites (N-methyl/N-ethyl adjacent to an activating group) is 1. The van der Waals surface area contributed by atoms with E-state index in [1.54, 1.807) is 0 Å². The van der Waals surface area contributed by atoms with Gasteiger partial charge in [-0.1, -0.05) is 0 Å². The van der Waals surface area contributed by atoms with Crippen molar-refractivity contribution in [1.29, 1.82) is 0 Å². The number of rotatable bonds is 6. The second-order valence-electron chi connectivity index (χ2n) is 4.04. The zero-order chi connectivity index (χ0) is 15.3. The van der Waals surface area contributed by atoms with Gasteiger partial charge in [0.15, 0.2) is 24.0 Å². The Morgan fingerprint density at radius 3 is 2.30 bits per heavy atom. The van der Waals surface area contributed by atoms with Crippen molar-refractivity contribution in [2.24, 2.45) is 5.73 Å². The third-order valence-corrected chi connectivity index (χ3v) is 2.53. The van der Waals surface area contributed by atoms with Gasteiger partial charge in [0.25, 0.3) is 5.91 Å². The van der Waals surface area contributed by atoms with Gasteiger partial charge in [0.1, 0.15) is 0 Å². The minimum Gasteiger partial charge on any atom is -0.477 e. The Kier molecular flexibility index (Phi) is 5.75. The number of nitrogens with zero attached hydrogens (tertiary/aromatic N) is 1. The summed E-state index contributed by atoms with van der Waals surface area (Å²) in [6.45, 7) is -0.0319. The highest BCUT2D eigenvalue weighted by atomic mass is 19.2. The number of hydrogen-bond donors (Lipinski definition) is 1. The summed E-state index contributed by atoms with van der Waals surface area (Å²) in [5.41, 5.74) is 5.26. The monoisotopic (exact) mass is 294 g/mol. The Labute approximate surface area is 113 Å². The molecular weight excluding hydrogens is 280 g/mol. The number of hydrogen-bond acceptors (Lipinski definition) is 3. The molecule has 0 heterocycles. The Morgan fingerprint density at radius 2 is 1.80 bits per heavy atom. The first-order chi connectivity index (χ1) is 9.38. The summed E-state index contributed by atoms with van der Waals surface area (Å²) in [6, 6.07) is 0.0622. The van der Waals surface area contributed by atoms with Gasteiger partial charge in [0.2, 0.25) is 11.6 Å². The molecule has 1 aromatic rings. The zero-order valence-electron chi connectivity index (χ0n) is 10.8. The van der Waals surface area contributed by atoms with E-state index in [1.165, 1.54) is 11.9 Å². The molecule has 4 nitrogen and oxygen atoms in total. The predicted octanol–water partition coefficient (Wildman–Crippen LogP) is 1.43. The summed E-state index contributed by atoms with van der Waals surface area (Å²) < 4.78 is 56.8. The number of ether oxygens (including phenoxy) is 1. The lowest BCUT2D eigenvalue weighted by atomic mass is 10.3. The first kappa shape index (κ1) is 16.2. The number of amides is 1. The maximum absolute atomic E-state index is 13.2. The van der Waals surface area contributed by atoms with Gasteiger partial charge in [-0.3, -0.25) is 4.79 Å². The van der Waals surface area contributed by atoms with Crippen LogP contribution in [0.15, 0.2) is 6.07 Å². The molecule has 0 aliphatic carbocycles. The van der Waals surface area contributed by atoms with E-state index in [0.717, 1.165) is 0 Å². The molecular formula is C12H14F4N2O2. The molecule has 2 N–H and O–H groups in total. The van der Waals surface area contributed by atoms with Crippen LogP contribution in [0.3, 0.4) is 0 Å². The van der Waals surface area contributed by atoms with Gasteiger partial charge in [-0.05, 0) is 13.0 Å². The van der Waals surface area contributed by atoms with Crippen molar-refractivity contribution in [3.05, 3.63) is 29.3 Å². The number of carbonyl (C=O) groups is 1. The van der Waals surface area contributed by atoms with Gasteiger partial charge in [-0.25, -0.2) is 8.78 Å². The maximum Gasteiger partial charge on any atom is 0.260 e. The average molecular weight is 294 g/mol. The number of carbonyl (C=O) groups excluding carboxylic acids is 1. The number of nitrogens with two attached hydrogens (primary N) is 1. The molecule has 1 amide bonds. The molecule has 8 heteroatoms. The van der Waals surface area contributed by atoms with E-state index in [0.29, 0.717) is 19.5 Å². The van der Waals surface area contributed by atoms with Gasteiger partial charge in [0, 0.05) is 19.7 Å². The van der Waals surface area contributed by atoms with E-state index in [4.69, 9.17) is 5.73 Å². The van der Waals surface area contributed by atoms with Crippen LogP contribution in [-0.2, 0) is 4.79 Å². The second-order valence-corrected chi connectivity index (χ2v) is 4.04. The van der Waals surface area contributed by atoms with Crippen LogP contribution in [0, 0.1) is 23.3 Å². The van der Waals surface area contributed by atoms with Gasteiger partial charge in [0.05, 0.1) is 0 Å². The van der Waals surface area contributed by atoms with Crippen molar-refractivity contribution in [2.45, 2.75) is 6.42 Å². The van der Waals surface area contributed by atoms with E-state index in [1.807, 2.05) is 0 Å². The molecule has 0 aromatic heterocycles. The summed E-state index contributed by atoms with van der Waals surface area (Å²) in [5, 5.41) is 0. The first-order valence-electron chi connectivity index (χ1n) is 5.78. The highest BCUT2D eigenvalue weighted by Crippen LogP contribution is 2.26. The molecule has 0 bridgehead atoms. The highest BCUT2D eigenvalue weighted by Gasteiger charge is 2.21. The molecule has 112 valence electrons. The third-order valence-electron chi connectivity index (χ3n) is 2.53. The largest absolute Gasteiger partial charge is 0.477 e. The molecule has 0 unspecified atom stereocenters. The summed E-state index contributed by atoms with van der Waals surface area (Å²) >= 11 is 0. The Morgan fingerprint density at radius 1 is 1.25 bits per heavy atom. The van der Waals surface area contributed by atoms with Gasteiger partial charge < -0.3 is 15.4 Å². The van der Waals surface area contributed by atoms with Crippen LogP contribution in [0.25, 0.3) is 0 Å². The minimum absolute atomic E-state index is 0.0622. The van der Waals surface area contributed by atoms with E-state index in [9.17, 15) is 22.4 Å². The van der Waals surface area contributed by atoms with E-state index in [-0.39, 0.29) is 6.07 Å². The summed E-state index contributed by atoms with van der Waals surface area (Å²) in [7, 11) is 1.44. The maximum atomic E-state index is 13.2. The van der Waals surface area contributed by atoms with Crippen molar-refractivity contribution in [3.8, 4) is 5.75 Å². The van der Waals surface area contributed by atoms with Crippen molar-refractivity contribution >= 4 is 5.91 Å². The third kappa shape index (κ3) is 3.83. The van der Waals surface area contributed by atoms with Crippen LogP contribution >= 0.6 is 0 Å². The van der Waals surface area contributed by atoms with Crippen LogP contribution in [0.4, 0.5) is 17.6 Å². The molecule has 0 saturated heterocycles. The summed E-state index contributed by atoms with van der Waals surface area (Å²) in [5.74, 6) is -8.39. The molecule has 0 aliphatic heterocycles. The van der Waals surface area contributed by atoms with Gasteiger partial charge in [-0.2, -0.15) is 8.78 Å². The number of halogens is 4.